The molecule has 0 aromatic rings. The van der Waals surface area contributed by atoms with Gasteiger partial charge in [-0.25, -0.2) is 4.39 Å². The van der Waals surface area contributed by atoms with Crippen LogP contribution in [0.2, 0.25) is 0 Å². The van der Waals surface area contributed by atoms with Crippen LogP contribution >= 0.6 is 15.9 Å². The molecule has 0 atom stereocenters. The summed E-state index contributed by atoms with van der Waals surface area (Å²) in [5.74, 6) is -0.163. The highest BCUT2D eigenvalue weighted by Crippen LogP contribution is 2.16. The van der Waals surface area contributed by atoms with Crippen LogP contribution in [0.3, 0.4) is 0 Å². The van der Waals surface area contributed by atoms with Gasteiger partial charge in [-0.3, -0.25) is 0 Å². The molecule has 0 rings (SSSR count). The van der Waals surface area contributed by atoms with Crippen LogP contribution in [0.4, 0.5) is 4.39 Å². The summed E-state index contributed by atoms with van der Waals surface area (Å²) in [4.78, 5) is 0. The molecule has 0 amide bonds. The molecule has 1 nitrogen and oxygen atoms in total. The van der Waals surface area contributed by atoms with Gasteiger partial charge in [-0.05, 0) is 28.9 Å². The zero-order chi connectivity index (χ0) is 8.15. The van der Waals surface area contributed by atoms with Crippen molar-refractivity contribution in [2.75, 3.05) is 0 Å². The number of hydrogen-bond donors (Lipinski definition) is 1. The molecule has 0 aliphatic heterocycles. The van der Waals surface area contributed by atoms with Crippen molar-refractivity contribution in [2.24, 2.45) is 0 Å². The second kappa shape index (κ2) is 4.50. The van der Waals surface area contributed by atoms with E-state index in [2.05, 4.69) is 15.9 Å². The highest BCUT2D eigenvalue weighted by Gasteiger charge is 1.95. The molecule has 0 saturated carbocycles. The summed E-state index contributed by atoms with van der Waals surface area (Å²) >= 11 is 3.02. The Morgan fingerprint density at radius 1 is 1.70 bits per heavy atom. The lowest BCUT2D eigenvalue weighted by Gasteiger charge is -1.95. The maximum atomic E-state index is 12.1. The first-order chi connectivity index (χ1) is 4.57. The van der Waals surface area contributed by atoms with Gasteiger partial charge < -0.3 is 5.11 Å². The van der Waals surface area contributed by atoms with Gasteiger partial charge in [0.05, 0.1) is 10.3 Å². The number of rotatable bonds is 2. The Morgan fingerprint density at radius 3 is 2.50 bits per heavy atom. The molecule has 0 heterocycles. The zero-order valence-electron chi connectivity index (χ0n) is 5.99. The number of aliphatic hydroxyl groups excluding tert-OH is 1. The van der Waals surface area contributed by atoms with Crippen LogP contribution in [-0.2, 0) is 0 Å². The van der Waals surface area contributed by atoms with Crippen molar-refractivity contribution in [3.63, 3.8) is 0 Å². The summed E-state index contributed by atoms with van der Waals surface area (Å²) < 4.78 is 12.5. The molecule has 3 heteroatoms. The van der Waals surface area contributed by atoms with Gasteiger partial charge in [0.15, 0.2) is 0 Å². The highest BCUT2D eigenvalue weighted by atomic mass is 79.9. The van der Waals surface area contributed by atoms with Crippen molar-refractivity contribution >= 4 is 15.9 Å². The molecule has 58 valence electrons. The SMILES string of the molecule is CC/C(O)=C(/Br)C=C(C)F. The minimum Gasteiger partial charge on any atom is -0.511 e. The van der Waals surface area contributed by atoms with Crippen LogP contribution in [0.1, 0.15) is 20.3 Å². The average molecular weight is 209 g/mol. The lowest BCUT2D eigenvalue weighted by molar-refractivity contribution is 0.393. The molecule has 0 bridgehead atoms. The lowest BCUT2D eigenvalue weighted by atomic mass is 10.3. The largest absolute Gasteiger partial charge is 0.511 e. The molecule has 0 saturated heterocycles. The fraction of sp³-hybridized carbons (Fsp3) is 0.429. The van der Waals surface area contributed by atoms with Gasteiger partial charge in [0.1, 0.15) is 5.76 Å². The topological polar surface area (TPSA) is 20.2 Å². The van der Waals surface area contributed by atoms with Crippen LogP contribution in [-0.4, -0.2) is 5.11 Å². The fourth-order valence-corrected chi connectivity index (χ4v) is 1.02. The third-order valence-electron chi connectivity index (χ3n) is 0.936. The second-order valence-corrected chi connectivity index (χ2v) is 2.73. The monoisotopic (exact) mass is 208 g/mol. The van der Waals surface area contributed by atoms with E-state index in [1.807, 2.05) is 0 Å². The first kappa shape index (κ1) is 9.69. The Morgan fingerprint density at radius 2 is 2.20 bits per heavy atom. The van der Waals surface area contributed by atoms with Crippen molar-refractivity contribution in [3.05, 3.63) is 22.1 Å². The number of hydrogen-bond acceptors (Lipinski definition) is 1. The Bertz CT molecular complexity index is 168. The summed E-state index contributed by atoms with van der Waals surface area (Å²) in [6, 6.07) is 0. The van der Waals surface area contributed by atoms with Gasteiger partial charge in [-0.1, -0.05) is 6.92 Å². The van der Waals surface area contributed by atoms with E-state index in [0.29, 0.717) is 10.9 Å². The van der Waals surface area contributed by atoms with Gasteiger partial charge in [-0.15, -0.1) is 0 Å². The Hall–Kier alpha value is -0.310. The van der Waals surface area contributed by atoms with Gasteiger partial charge in [0, 0.05) is 6.42 Å². The Balaban J connectivity index is 4.33. The van der Waals surface area contributed by atoms with E-state index in [0.717, 1.165) is 0 Å². The molecule has 1 N–H and O–H groups in total. The zero-order valence-corrected chi connectivity index (χ0v) is 7.57. The molecule has 0 fully saturated rings. The standard InChI is InChI=1S/C7H10BrFO/c1-3-7(10)6(8)4-5(2)9/h4,10H,3H2,1-2H3/b5-4?,7-6-. The maximum Gasteiger partial charge on any atom is 0.106 e. The molecular weight excluding hydrogens is 199 g/mol. The van der Waals surface area contributed by atoms with Crippen molar-refractivity contribution in [1.82, 2.24) is 0 Å². The van der Waals surface area contributed by atoms with E-state index >= 15 is 0 Å². The van der Waals surface area contributed by atoms with Crippen LogP contribution in [0, 0.1) is 0 Å². The summed E-state index contributed by atoms with van der Waals surface area (Å²) in [5, 5.41) is 9.00. The minimum atomic E-state index is -0.327. The van der Waals surface area contributed by atoms with Crippen LogP contribution < -0.4 is 0 Å². The first-order valence-corrected chi connectivity index (χ1v) is 3.78. The van der Waals surface area contributed by atoms with Gasteiger partial charge in [0.25, 0.3) is 0 Å². The number of allylic oxidation sites excluding steroid dienone is 4. The van der Waals surface area contributed by atoms with Crippen LogP contribution in [0.15, 0.2) is 22.1 Å². The molecule has 0 aliphatic carbocycles. The molecule has 0 aromatic carbocycles. The van der Waals surface area contributed by atoms with E-state index in [9.17, 15) is 4.39 Å². The molecule has 0 aliphatic rings. The molecule has 0 spiro atoms. The predicted molar refractivity (Wildman–Crippen MR) is 43.7 cm³/mol. The van der Waals surface area contributed by atoms with Crippen LogP contribution in [0.5, 0.6) is 0 Å². The molecule has 0 aromatic heterocycles. The number of halogens is 2. The van der Waals surface area contributed by atoms with E-state index in [1.165, 1.54) is 13.0 Å². The molecule has 10 heavy (non-hydrogen) atoms. The van der Waals surface area contributed by atoms with Gasteiger partial charge in [0.2, 0.25) is 0 Å². The minimum absolute atomic E-state index is 0.164. The molecule has 0 radical (unpaired) electrons. The highest BCUT2D eigenvalue weighted by molar-refractivity contribution is 9.11. The summed E-state index contributed by atoms with van der Waals surface area (Å²) in [6.45, 7) is 3.11. The van der Waals surface area contributed by atoms with E-state index in [1.54, 1.807) is 6.92 Å². The smallest absolute Gasteiger partial charge is 0.106 e. The third-order valence-corrected chi connectivity index (χ3v) is 1.62. The normalized spacial score (nSPS) is 15.0. The van der Waals surface area contributed by atoms with E-state index < -0.39 is 0 Å². The fourth-order valence-electron chi connectivity index (χ4n) is 0.427. The average Bonchev–Trinajstić information content (AvgIpc) is 1.85. The van der Waals surface area contributed by atoms with Gasteiger partial charge in [-0.2, -0.15) is 0 Å². The maximum absolute atomic E-state index is 12.1. The third kappa shape index (κ3) is 3.67. The van der Waals surface area contributed by atoms with Crippen molar-refractivity contribution in [1.29, 1.82) is 0 Å². The van der Waals surface area contributed by atoms with Crippen molar-refractivity contribution in [3.8, 4) is 0 Å². The van der Waals surface area contributed by atoms with E-state index in [4.69, 9.17) is 5.11 Å². The van der Waals surface area contributed by atoms with E-state index in [-0.39, 0.29) is 11.6 Å². The Labute approximate surface area is 68.4 Å². The van der Waals surface area contributed by atoms with Crippen molar-refractivity contribution < 1.29 is 9.50 Å². The second-order valence-electron chi connectivity index (χ2n) is 1.88. The van der Waals surface area contributed by atoms with Crippen molar-refractivity contribution in [2.45, 2.75) is 20.3 Å². The summed E-state index contributed by atoms with van der Waals surface area (Å²) in [5.41, 5.74) is 0. The quantitative estimate of drug-likeness (QED) is 0.545. The first-order valence-electron chi connectivity index (χ1n) is 2.99. The van der Waals surface area contributed by atoms with Gasteiger partial charge >= 0.3 is 0 Å². The number of aliphatic hydroxyl groups is 1. The summed E-state index contributed by atoms with van der Waals surface area (Å²) in [6.07, 6.45) is 1.74. The Kier molecular flexibility index (Phi) is 4.36. The van der Waals surface area contributed by atoms with Crippen LogP contribution in [0.25, 0.3) is 0 Å². The predicted octanol–water partition coefficient (Wildman–Crippen LogP) is 3.43. The molecule has 0 unspecified atom stereocenters. The summed E-state index contributed by atoms with van der Waals surface area (Å²) in [7, 11) is 0. The lowest BCUT2D eigenvalue weighted by Crippen LogP contribution is -1.79. The molecular formula is C7H10BrFO.